The lowest BCUT2D eigenvalue weighted by Crippen LogP contribution is -2.35. The van der Waals surface area contributed by atoms with Gasteiger partial charge in [-0.2, -0.15) is 18.4 Å². The molecule has 0 aliphatic heterocycles. The number of alkyl halides is 3. The van der Waals surface area contributed by atoms with Crippen LogP contribution < -0.4 is 0 Å². The molecule has 1 aromatic carbocycles. The van der Waals surface area contributed by atoms with Gasteiger partial charge in [0.1, 0.15) is 5.69 Å². The van der Waals surface area contributed by atoms with E-state index in [1.807, 2.05) is 0 Å². The van der Waals surface area contributed by atoms with Gasteiger partial charge in [-0.3, -0.25) is 5.10 Å². The Bertz CT molecular complexity index is 992. The Morgan fingerprint density at radius 3 is 2.42 bits per heavy atom. The first kappa shape index (κ1) is 17.8. The second-order valence-corrected chi connectivity index (χ2v) is 6.14. The summed E-state index contributed by atoms with van der Waals surface area (Å²) in [4.78, 5) is 4.23. The fourth-order valence-corrected chi connectivity index (χ4v) is 2.93. The number of H-pyrrole nitrogens is 1. The van der Waals surface area contributed by atoms with Crippen LogP contribution in [0.3, 0.4) is 0 Å². The number of nitrogens with zero attached hydrogens (tertiary/aromatic N) is 4. The van der Waals surface area contributed by atoms with E-state index in [1.54, 1.807) is 19.9 Å². The molecule has 2 heterocycles. The lowest BCUT2D eigenvalue weighted by molar-refractivity contribution is -0.136. The lowest BCUT2D eigenvalue weighted by atomic mass is 9.83. The Labute approximate surface area is 146 Å². The Hall–Kier alpha value is -2.99. The van der Waals surface area contributed by atoms with Gasteiger partial charge in [0.2, 0.25) is 0 Å². The van der Waals surface area contributed by atoms with E-state index in [4.69, 9.17) is 5.26 Å². The average Bonchev–Trinajstić information content (AvgIpc) is 3.13. The Balaban J connectivity index is 2.27. The maximum atomic E-state index is 13.4. The van der Waals surface area contributed by atoms with Crippen LogP contribution in [-0.2, 0) is 11.8 Å². The predicted molar refractivity (Wildman–Crippen MR) is 85.7 cm³/mol. The Kier molecular flexibility index (Phi) is 4.16. The van der Waals surface area contributed by atoms with E-state index in [2.05, 4.69) is 20.4 Å². The number of fused-ring (bicyclic) bond motifs is 1. The maximum Gasteiger partial charge on any atom is 0.418 e. The number of benzene rings is 1. The zero-order chi connectivity index (χ0) is 19.1. The third-order valence-electron chi connectivity index (χ3n) is 4.31. The van der Waals surface area contributed by atoms with Crippen LogP contribution in [-0.4, -0.2) is 25.5 Å². The van der Waals surface area contributed by atoms with Crippen molar-refractivity contribution in [2.24, 2.45) is 5.92 Å². The summed E-state index contributed by atoms with van der Waals surface area (Å²) in [6, 6.07) is 6.50. The van der Waals surface area contributed by atoms with Crippen molar-refractivity contribution < 1.29 is 18.3 Å². The van der Waals surface area contributed by atoms with E-state index >= 15 is 0 Å². The van der Waals surface area contributed by atoms with Crippen molar-refractivity contribution in [1.29, 1.82) is 5.26 Å². The van der Waals surface area contributed by atoms with Crippen molar-refractivity contribution >= 4 is 10.9 Å². The minimum atomic E-state index is -4.70. The molecule has 0 bridgehead atoms. The van der Waals surface area contributed by atoms with Crippen molar-refractivity contribution in [2.45, 2.75) is 25.6 Å². The number of nitrogens with one attached hydrogen (secondary N) is 1. The van der Waals surface area contributed by atoms with Crippen LogP contribution in [0.25, 0.3) is 10.9 Å². The molecular formula is C17H14F3N5O. The number of pyridine rings is 1. The summed E-state index contributed by atoms with van der Waals surface area (Å²) >= 11 is 0. The molecule has 0 spiro atoms. The summed E-state index contributed by atoms with van der Waals surface area (Å²) in [5.41, 5.74) is -2.76. The zero-order valence-corrected chi connectivity index (χ0v) is 13.8. The number of aromatic nitrogens is 4. The third kappa shape index (κ3) is 2.68. The highest BCUT2D eigenvalue weighted by Crippen LogP contribution is 2.39. The van der Waals surface area contributed by atoms with Crippen LogP contribution in [0.4, 0.5) is 13.2 Å². The molecule has 2 aromatic heterocycles. The van der Waals surface area contributed by atoms with E-state index in [-0.39, 0.29) is 28.2 Å². The van der Waals surface area contributed by atoms with E-state index in [0.717, 1.165) is 6.07 Å². The monoisotopic (exact) mass is 361 g/mol. The second kappa shape index (κ2) is 6.07. The fourth-order valence-electron chi connectivity index (χ4n) is 2.93. The molecule has 0 saturated heterocycles. The summed E-state index contributed by atoms with van der Waals surface area (Å²) in [5, 5.41) is 29.9. The number of aromatic amines is 1. The van der Waals surface area contributed by atoms with Gasteiger partial charge in [0.15, 0.2) is 5.60 Å². The zero-order valence-electron chi connectivity index (χ0n) is 13.8. The van der Waals surface area contributed by atoms with Gasteiger partial charge in [0.25, 0.3) is 0 Å². The van der Waals surface area contributed by atoms with E-state index in [0.29, 0.717) is 0 Å². The van der Waals surface area contributed by atoms with Gasteiger partial charge in [-0.25, -0.2) is 4.98 Å². The first-order valence-electron chi connectivity index (χ1n) is 7.70. The predicted octanol–water partition coefficient (Wildman–Crippen LogP) is 3.14. The quantitative estimate of drug-likeness (QED) is 0.747. The van der Waals surface area contributed by atoms with Crippen LogP contribution in [0.2, 0.25) is 0 Å². The fraction of sp³-hybridized carbons (Fsp3) is 0.294. The van der Waals surface area contributed by atoms with Crippen molar-refractivity contribution in [1.82, 2.24) is 20.4 Å². The van der Waals surface area contributed by atoms with Gasteiger partial charge >= 0.3 is 6.18 Å². The Morgan fingerprint density at radius 1 is 1.15 bits per heavy atom. The average molecular weight is 361 g/mol. The molecule has 0 amide bonds. The van der Waals surface area contributed by atoms with Crippen LogP contribution in [0.1, 0.15) is 36.4 Å². The number of hydrogen-bond acceptors (Lipinski definition) is 5. The molecule has 9 heteroatoms. The topological polar surface area (TPSA) is 98.5 Å². The van der Waals surface area contributed by atoms with Crippen LogP contribution in [0, 0.1) is 17.2 Å². The largest absolute Gasteiger partial charge is 0.418 e. The van der Waals surface area contributed by atoms with Gasteiger partial charge in [0.05, 0.1) is 28.4 Å². The third-order valence-corrected chi connectivity index (χ3v) is 4.31. The minimum Gasteiger partial charge on any atom is -0.377 e. The second-order valence-electron chi connectivity index (χ2n) is 6.14. The van der Waals surface area contributed by atoms with Gasteiger partial charge in [-0.05, 0) is 24.1 Å². The SMILES string of the molecule is CC(C)C(O)(c1c[nH]nn1)c1ccc2c(C(F)(F)F)c(C#N)ccc2n1. The number of rotatable bonds is 3. The molecule has 0 saturated carbocycles. The van der Waals surface area contributed by atoms with E-state index in [1.165, 1.54) is 24.4 Å². The smallest absolute Gasteiger partial charge is 0.377 e. The summed E-state index contributed by atoms with van der Waals surface area (Å²) in [6.07, 6.45) is -3.29. The molecule has 0 radical (unpaired) electrons. The van der Waals surface area contributed by atoms with Crippen molar-refractivity contribution in [2.75, 3.05) is 0 Å². The number of aliphatic hydroxyl groups is 1. The maximum absolute atomic E-state index is 13.4. The van der Waals surface area contributed by atoms with Gasteiger partial charge in [-0.1, -0.05) is 25.1 Å². The highest BCUT2D eigenvalue weighted by Gasteiger charge is 2.40. The number of hydrogen-bond donors (Lipinski definition) is 2. The van der Waals surface area contributed by atoms with E-state index < -0.39 is 22.9 Å². The summed E-state index contributed by atoms with van der Waals surface area (Å²) in [5.74, 6) is -0.377. The Morgan fingerprint density at radius 2 is 1.88 bits per heavy atom. The molecule has 0 fully saturated rings. The normalized spacial score (nSPS) is 14.4. The van der Waals surface area contributed by atoms with Gasteiger partial charge in [0, 0.05) is 11.6 Å². The lowest BCUT2D eigenvalue weighted by Gasteiger charge is -2.29. The first-order chi connectivity index (χ1) is 12.2. The molecule has 2 N–H and O–H groups in total. The molecule has 0 aliphatic rings. The molecule has 6 nitrogen and oxygen atoms in total. The van der Waals surface area contributed by atoms with Gasteiger partial charge in [-0.15, -0.1) is 5.10 Å². The van der Waals surface area contributed by atoms with Crippen molar-refractivity contribution in [3.05, 3.63) is 53.0 Å². The standard InChI is InChI=1S/C17H14F3N5O/c1-9(2)16(26,14-8-22-25-24-14)13-6-4-11-12(23-13)5-3-10(7-21)15(11)17(18,19)20/h3-6,8-9,26H,1-2H3,(H,22,24,25). The number of halogens is 3. The highest BCUT2D eigenvalue weighted by atomic mass is 19.4. The molecule has 3 rings (SSSR count). The van der Waals surface area contributed by atoms with Crippen molar-refractivity contribution in [3.63, 3.8) is 0 Å². The van der Waals surface area contributed by atoms with E-state index in [9.17, 15) is 18.3 Å². The molecule has 3 aromatic rings. The van der Waals surface area contributed by atoms with Crippen molar-refractivity contribution in [3.8, 4) is 6.07 Å². The summed E-state index contributed by atoms with van der Waals surface area (Å²) in [6.45, 7) is 3.47. The molecule has 26 heavy (non-hydrogen) atoms. The van der Waals surface area contributed by atoms with Crippen LogP contribution in [0.15, 0.2) is 30.5 Å². The summed E-state index contributed by atoms with van der Waals surface area (Å²) in [7, 11) is 0. The molecule has 1 atom stereocenters. The molecular weight excluding hydrogens is 347 g/mol. The first-order valence-corrected chi connectivity index (χ1v) is 7.70. The van der Waals surface area contributed by atoms with Crippen LogP contribution >= 0.6 is 0 Å². The molecule has 1 unspecified atom stereocenters. The number of nitriles is 1. The molecule has 134 valence electrons. The summed E-state index contributed by atoms with van der Waals surface area (Å²) < 4.78 is 40.2. The van der Waals surface area contributed by atoms with Crippen LogP contribution in [0.5, 0.6) is 0 Å². The highest BCUT2D eigenvalue weighted by molar-refractivity contribution is 5.85. The van der Waals surface area contributed by atoms with Gasteiger partial charge < -0.3 is 5.11 Å². The molecule has 0 aliphatic carbocycles. The minimum absolute atomic E-state index is 0.0244.